The van der Waals surface area contributed by atoms with Crippen molar-refractivity contribution in [3.63, 3.8) is 0 Å². The summed E-state index contributed by atoms with van der Waals surface area (Å²) in [6, 6.07) is 5.76. The number of carbonyl (C=O) groups excluding carboxylic acids is 1. The van der Waals surface area contributed by atoms with E-state index >= 15 is 0 Å². The number of amides is 1. The number of nitrogens with two attached hydrogens (primary N) is 1. The van der Waals surface area contributed by atoms with Crippen LogP contribution in [-0.4, -0.2) is 12.5 Å². The van der Waals surface area contributed by atoms with Crippen LogP contribution in [0.3, 0.4) is 0 Å². The maximum Gasteiger partial charge on any atom is 0.227 e. The van der Waals surface area contributed by atoms with Gasteiger partial charge in [0.15, 0.2) is 0 Å². The van der Waals surface area contributed by atoms with Crippen LogP contribution in [0.5, 0.6) is 0 Å². The molecule has 2 unspecified atom stereocenters. The molecule has 19 heavy (non-hydrogen) atoms. The van der Waals surface area contributed by atoms with Gasteiger partial charge in [-0.1, -0.05) is 18.9 Å². The molecular weight excluding hydrogens is 372 g/mol. The molecule has 1 fully saturated rings. The first-order valence-electron chi connectivity index (χ1n) is 6.58. The summed E-state index contributed by atoms with van der Waals surface area (Å²) in [7, 11) is 0. The van der Waals surface area contributed by atoms with E-state index in [1.165, 1.54) is 6.42 Å². The molecule has 1 aromatic carbocycles. The Bertz CT molecular complexity index is 445. The van der Waals surface area contributed by atoms with Gasteiger partial charge >= 0.3 is 0 Å². The van der Waals surface area contributed by atoms with Crippen LogP contribution in [-0.2, 0) is 4.79 Å². The number of carbonyl (C=O) groups is 1. The summed E-state index contributed by atoms with van der Waals surface area (Å²) < 4.78 is 1.77. The van der Waals surface area contributed by atoms with Crippen molar-refractivity contribution in [3.8, 4) is 0 Å². The van der Waals surface area contributed by atoms with E-state index in [2.05, 4.69) is 37.2 Å². The molecule has 3 nitrogen and oxygen atoms in total. The highest BCUT2D eigenvalue weighted by molar-refractivity contribution is 9.11. The lowest BCUT2D eigenvalue weighted by molar-refractivity contribution is -0.122. The number of hydrogen-bond acceptors (Lipinski definition) is 2. The molecule has 104 valence electrons. The van der Waals surface area contributed by atoms with Crippen LogP contribution in [0.4, 0.5) is 5.69 Å². The number of anilines is 1. The Morgan fingerprint density at radius 1 is 1.26 bits per heavy atom. The van der Waals surface area contributed by atoms with Gasteiger partial charge in [0.1, 0.15) is 0 Å². The smallest absolute Gasteiger partial charge is 0.227 e. The highest BCUT2D eigenvalue weighted by Crippen LogP contribution is 2.34. The summed E-state index contributed by atoms with van der Waals surface area (Å²) in [5.74, 6) is 0.440. The van der Waals surface area contributed by atoms with Crippen LogP contribution in [0.2, 0.25) is 0 Å². The molecule has 1 amide bonds. The minimum atomic E-state index is 0.0396. The predicted molar refractivity (Wildman–Crippen MR) is 85.0 cm³/mol. The summed E-state index contributed by atoms with van der Waals surface area (Å²) in [6.45, 7) is 0.592. The monoisotopic (exact) mass is 388 g/mol. The number of para-hydroxylation sites is 1. The maximum absolute atomic E-state index is 12.4. The highest BCUT2D eigenvalue weighted by atomic mass is 79.9. The van der Waals surface area contributed by atoms with Crippen LogP contribution >= 0.6 is 31.9 Å². The third kappa shape index (κ3) is 3.58. The second kappa shape index (κ2) is 6.86. The van der Waals surface area contributed by atoms with Crippen LogP contribution in [0.1, 0.15) is 25.7 Å². The number of hydrogen-bond donors (Lipinski definition) is 2. The minimum Gasteiger partial charge on any atom is -0.330 e. The first-order chi connectivity index (χ1) is 9.13. The van der Waals surface area contributed by atoms with Crippen molar-refractivity contribution in [2.75, 3.05) is 11.9 Å². The second-order valence-corrected chi connectivity index (χ2v) is 6.68. The van der Waals surface area contributed by atoms with Crippen LogP contribution < -0.4 is 11.1 Å². The molecule has 0 heterocycles. The van der Waals surface area contributed by atoms with E-state index in [0.29, 0.717) is 12.5 Å². The molecule has 0 spiro atoms. The van der Waals surface area contributed by atoms with Crippen molar-refractivity contribution < 1.29 is 4.79 Å². The van der Waals surface area contributed by atoms with Crippen molar-refractivity contribution in [3.05, 3.63) is 27.1 Å². The summed E-state index contributed by atoms with van der Waals surface area (Å²) >= 11 is 6.92. The zero-order valence-electron chi connectivity index (χ0n) is 10.7. The standard InChI is InChI=1S/C14H18Br2N2O/c15-11-6-3-7-12(16)13(11)18-14(19)10-5-2-1-4-9(10)8-17/h3,6-7,9-10H,1-2,4-5,8,17H2,(H,18,19). The highest BCUT2D eigenvalue weighted by Gasteiger charge is 2.30. The van der Waals surface area contributed by atoms with Crippen molar-refractivity contribution >= 4 is 43.5 Å². The first kappa shape index (κ1) is 15.0. The zero-order chi connectivity index (χ0) is 13.8. The van der Waals surface area contributed by atoms with Gasteiger partial charge in [-0.25, -0.2) is 0 Å². The van der Waals surface area contributed by atoms with Crippen LogP contribution in [0, 0.1) is 11.8 Å². The largest absolute Gasteiger partial charge is 0.330 e. The van der Waals surface area contributed by atoms with Crippen LogP contribution in [0.25, 0.3) is 0 Å². The van der Waals surface area contributed by atoms with Crippen LogP contribution in [0.15, 0.2) is 27.1 Å². The molecule has 0 aromatic heterocycles. The fraction of sp³-hybridized carbons (Fsp3) is 0.500. The topological polar surface area (TPSA) is 55.1 Å². The fourth-order valence-electron chi connectivity index (χ4n) is 2.67. The van der Waals surface area contributed by atoms with E-state index in [1.807, 2.05) is 18.2 Å². The molecule has 1 aliphatic carbocycles. The molecular formula is C14H18Br2N2O. The molecule has 0 bridgehead atoms. The lowest BCUT2D eigenvalue weighted by Crippen LogP contribution is -2.35. The van der Waals surface area contributed by atoms with Gasteiger partial charge in [0.2, 0.25) is 5.91 Å². The van der Waals surface area contributed by atoms with Crippen molar-refractivity contribution in [2.45, 2.75) is 25.7 Å². The van der Waals surface area contributed by atoms with Crippen molar-refractivity contribution in [1.82, 2.24) is 0 Å². The summed E-state index contributed by atoms with van der Waals surface area (Å²) in [5, 5.41) is 3.02. The number of benzene rings is 1. The Kier molecular flexibility index (Phi) is 5.42. The summed E-state index contributed by atoms with van der Waals surface area (Å²) in [6.07, 6.45) is 4.30. The Hall–Kier alpha value is -0.390. The Labute approximate surface area is 130 Å². The predicted octanol–water partition coefficient (Wildman–Crippen LogP) is 3.92. The summed E-state index contributed by atoms with van der Waals surface area (Å²) in [5.41, 5.74) is 6.59. The van der Waals surface area contributed by atoms with Gasteiger partial charge in [-0.15, -0.1) is 0 Å². The molecule has 5 heteroatoms. The number of halogens is 2. The van der Waals surface area contributed by atoms with E-state index in [0.717, 1.165) is 33.9 Å². The average molecular weight is 390 g/mol. The molecule has 1 saturated carbocycles. The number of rotatable bonds is 3. The Balaban J connectivity index is 2.12. The average Bonchev–Trinajstić information content (AvgIpc) is 2.42. The molecule has 0 aliphatic heterocycles. The molecule has 2 atom stereocenters. The molecule has 2 rings (SSSR count). The van der Waals surface area contributed by atoms with E-state index in [4.69, 9.17) is 5.73 Å². The van der Waals surface area contributed by atoms with E-state index in [-0.39, 0.29) is 11.8 Å². The van der Waals surface area contributed by atoms with Crippen molar-refractivity contribution in [2.24, 2.45) is 17.6 Å². The molecule has 0 saturated heterocycles. The Morgan fingerprint density at radius 2 is 1.89 bits per heavy atom. The zero-order valence-corrected chi connectivity index (χ0v) is 13.8. The van der Waals surface area contributed by atoms with Gasteiger partial charge in [-0.05, 0) is 69.3 Å². The SMILES string of the molecule is NCC1CCCCC1C(=O)Nc1c(Br)cccc1Br. The molecule has 1 aromatic rings. The summed E-state index contributed by atoms with van der Waals surface area (Å²) in [4.78, 5) is 12.4. The lowest BCUT2D eigenvalue weighted by atomic mass is 9.78. The fourth-order valence-corrected chi connectivity index (χ4v) is 3.86. The lowest BCUT2D eigenvalue weighted by Gasteiger charge is -2.29. The Morgan fingerprint density at radius 3 is 2.53 bits per heavy atom. The van der Waals surface area contributed by atoms with Gasteiger partial charge in [-0.2, -0.15) is 0 Å². The second-order valence-electron chi connectivity index (χ2n) is 4.97. The van der Waals surface area contributed by atoms with Gasteiger partial charge < -0.3 is 11.1 Å². The van der Waals surface area contributed by atoms with E-state index < -0.39 is 0 Å². The first-order valence-corrected chi connectivity index (χ1v) is 8.17. The van der Waals surface area contributed by atoms with Gasteiger partial charge in [0, 0.05) is 14.9 Å². The quantitative estimate of drug-likeness (QED) is 0.823. The third-order valence-corrected chi connectivity index (χ3v) is 5.08. The van der Waals surface area contributed by atoms with Gasteiger partial charge in [0.05, 0.1) is 5.69 Å². The minimum absolute atomic E-state index is 0.0396. The van der Waals surface area contributed by atoms with Crippen molar-refractivity contribution in [1.29, 1.82) is 0 Å². The van der Waals surface area contributed by atoms with E-state index in [1.54, 1.807) is 0 Å². The normalized spacial score (nSPS) is 23.1. The molecule has 1 aliphatic rings. The molecule has 0 radical (unpaired) electrons. The van der Waals surface area contributed by atoms with Gasteiger partial charge in [0.25, 0.3) is 0 Å². The third-order valence-electron chi connectivity index (χ3n) is 3.76. The van der Waals surface area contributed by atoms with E-state index in [9.17, 15) is 4.79 Å². The number of nitrogens with one attached hydrogen (secondary N) is 1. The maximum atomic E-state index is 12.4. The molecule has 3 N–H and O–H groups in total. The van der Waals surface area contributed by atoms with Gasteiger partial charge in [-0.3, -0.25) is 4.79 Å².